The first-order chi connectivity index (χ1) is 17.7. The molecule has 0 aromatic rings. The average Bonchev–Trinajstić information content (AvgIpc) is 3.38. The van der Waals surface area contributed by atoms with Gasteiger partial charge in [0, 0.05) is 23.2 Å². The number of carbonyl (C=O) groups is 2. The molecule has 6 rings (SSSR count). The van der Waals surface area contributed by atoms with Crippen LogP contribution in [-0.2, 0) is 19.1 Å². The minimum atomic E-state index is -0.592. The van der Waals surface area contributed by atoms with Gasteiger partial charge in [0.15, 0.2) is 5.78 Å². The van der Waals surface area contributed by atoms with E-state index >= 15 is 0 Å². The van der Waals surface area contributed by atoms with Crippen LogP contribution in [0.2, 0.25) is 0 Å². The lowest BCUT2D eigenvalue weighted by Gasteiger charge is -2.72. The van der Waals surface area contributed by atoms with Crippen molar-refractivity contribution in [2.45, 2.75) is 106 Å². The highest BCUT2D eigenvalue weighted by atomic mass is 16.7. The highest BCUT2D eigenvalue weighted by Crippen LogP contribution is 2.76. The zero-order valence-corrected chi connectivity index (χ0v) is 24.6. The number of Topliss-reactive ketones (excluding diaryl/α,β-unsaturated/α-hetero) is 2. The third-order valence-corrected chi connectivity index (χ3v) is 13.8. The molecule has 5 nitrogen and oxygen atoms in total. The van der Waals surface area contributed by atoms with E-state index in [1.807, 2.05) is 19.9 Å². The molecule has 5 fully saturated rings. The van der Waals surface area contributed by atoms with Crippen LogP contribution >= 0.6 is 0 Å². The van der Waals surface area contributed by atoms with Crippen molar-refractivity contribution in [1.82, 2.24) is 0 Å². The molecule has 5 aliphatic carbocycles. The molecular formula is C33H47NO4. The predicted molar refractivity (Wildman–Crippen MR) is 145 cm³/mol. The molecule has 6 aliphatic rings. The van der Waals surface area contributed by atoms with E-state index in [1.165, 1.54) is 6.42 Å². The largest absolute Gasteiger partial charge is 0.353 e. The van der Waals surface area contributed by atoms with E-state index in [0.717, 1.165) is 38.5 Å². The second-order valence-corrected chi connectivity index (χ2v) is 16.1. The van der Waals surface area contributed by atoms with Crippen molar-refractivity contribution in [3.05, 3.63) is 11.6 Å². The molecule has 9 atom stereocenters. The van der Waals surface area contributed by atoms with E-state index < -0.39 is 5.41 Å². The van der Waals surface area contributed by atoms with Crippen LogP contribution in [0.5, 0.6) is 0 Å². The number of carbonyl (C=O) groups excluding carboxylic acids is 2. The third-order valence-electron chi connectivity index (χ3n) is 13.8. The highest BCUT2D eigenvalue weighted by molar-refractivity contribution is 6.04. The second-order valence-electron chi connectivity index (χ2n) is 16.1. The van der Waals surface area contributed by atoms with Gasteiger partial charge in [-0.2, -0.15) is 5.26 Å². The number of nitriles is 1. The second kappa shape index (κ2) is 8.03. The zero-order chi connectivity index (χ0) is 27.5. The summed E-state index contributed by atoms with van der Waals surface area (Å²) in [5.74, 6) is 1.01. The number of ketones is 2. The number of hydrogen-bond acceptors (Lipinski definition) is 5. The summed E-state index contributed by atoms with van der Waals surface area (Å²) in [6.45, 7) is 17.0. The number of allylic oxidation sites excluding steroid dienone is 2. The summed E-state index contributed by atoms with van der Waals surface area (Å²) in [6.07, 6.45) is 10.1. The molecule has 4 saturated carbocycles. The topological polar surface area (TPSA) is 76.4 Å². The Morgan fingerprint density at radius 3 is 2.29 bits per heavy atom. The number of fused-ring (bicyclic) bond motifs is 7. The maximum Gasteiger partial charge on any atom is 0.178 e. The Hall–Kier alpha value is -1.51. The lowest BCUT2D eigenvalue weighted by atomic mass is 9.31. The van der Waals surface area contributed by atoms with Crippen LogP contribution in [-0.4, -0.2) is 31.1 Å². The van der Waals surface area contributed by atoms with Gasteiger partial charge in [-0.1, -0.05) is 54.5 Å². The Morgan fingerprint density at radius 1 is 0.921 bits per heavy atom. The summed E-state index contributed by atoms with van der Waals surface area (Å²) >= 11 is 0. The summed E-state index contributed by atoms with van der Waals surface area (Å²) in [5.41, 5.74) is -0.560. The van der Waals surface area contributed by atoms with Crippen LogP contribution < -0.4 is 0 Å². The van der Waals surface area contributed by atoms with Gasteiger partial charge in [0.25, 0.3) is 0 Å². The highest BCUT2D eigenvalue weighted by Gasteiger charge is 2.73. The first-order valence-electron chi connectivity index (χ1n) is 15.1. The van der Waals surface area contributed by atoms with Crippen molar-refractivity contribution in [3.63, 3.8) is 0 Å². The molecule has 5 heteroatoms. The van der Waals surface area contributed by atoms with Gasteiger partial charge in [-0.05, 0) is 84.4 Å². The van der Waals surface area contributed by atoms with E-state index in [9.17, 15) is 14.9 Å². The van der Waals surface area contributed by atoms with Gasteiger partial charge in [0.2, 0.25) is 0 Å². The van der Waals surface area contributed by atoms with Crippen LogP contribution in [0, 0.1) is 67.5 Å². The van der Waals surface area contributed by atoms with Crippen LogP contribution in [0.1, 0.15) is 99.8 Å². The first kappa shape index (κ1) is 26.7. The fourth-order valence-corrected chi connectivity index (χ4v) is 11.6. The quantitative estimate of drug-likeness (QED) is 0.386. The van der Waals surface area contributed by atoms with E-state index in [-0.39, 0.29) is 56.7 Å². The van der Waals surface area contributed by atoms with Crippen molar-refractivity contribution in [1.29, 1.82) is 5.26 Å². The minimum Gasteiger partial charge on any atom is -0.353 e. The Labute approximate surface area is 229 Å². The van der Waals surface area contributed by atoms with Gasteiger partial charge in [0.1, 0.15) is 18.6 Å². The van der Waals surface area contributed by atoms with Gasteiger partial charge < -0.3 is 9.47 Å². The molecule has 0 aromatic heterocycles. The number of hydrogen-bond donors (Lipinski definition) is 0. The fraction of sp³-hybridized carbons (Fsp3) is 0.848. The van der Waals surface area contributed by atoms with Gasteiger partial charge >= 0.3 is 0 Å². The maximum absolute atomic E-state index is 14.6. The summed E-state index contributed by atoms with van der Waals surface area (Å²) < 4.78 is 12.0. The molecule has 38 heavy (non-hydrogen) atoms. The van der Waals surface area contributed by atoms with Crippen molar-refractivity contribution < 1.29 is 19.1 Å². The SMILES string of the molecule is CC1(C)CC[C@]2(C3COCO3)CC[C@]3(C)[C@@H](C(=O)C[C@@H]4[C@@]5(C)C=C(C#N)C(=O)C(C)(C)[C@@H]5CC[C@]43C)C2C1. The van der Waals surface area contributed by atoms with Gasteiger partial charge in [-0.15, -0.1) is 0 Å². The van der Waals surface area contributed by atoms with Crippen molar-refractivity contribution in [2.24, 2.45) is 56.2 Å². The van der Waals surface area contributed by atoms with Crippen LogP contribution in [0.4, 0.5) is 0 Å². The molecule has 0 bridgehead atoms. The summed E-state index contributed by atoms with van der Waals surface area (Å²) in [5, 5.41) is 9.93. The molecule has 0 aromatic carbocycles. The lowest BCUT2D eigenvalue weighted by molar-refractivity contribution is -0.234. The number of rotatable bonds is 1. The zero-order valence-electron chi connectivity index (χ0n) is 24.6. The van der Waals surface area contributed by atoms with Crippen molar-refractivity contribution >= 4 is 11.6 Å². The van der Waals surface area contributed by atoms with Gasteiger partial charge in [-0.25, -0.2) is 0 Å². The summed E-state index contributed by atoms with van der Waals surface area (Å²) in [4.78, 5) is 27.9. The van der Waals surface area contributed by atoms with Gasteiger partial charge in [0.05, 0.1) is 18.3 Å². The molecule has 208 valence electrons. The van der Waals surface area contributed by atoms with E-state index in [1.54, 1.807) is 0 Å². The summed E-state index contributed by atoms with van der Waals surface area (Å²) in [7, 11) is 0. The van der Waals surface area contributed by atoms with E-state index in [2.05, 4.69) is 40.7 Å². The summed E-state index contributed by atoms with van der Waals surface area (Å²) in [6, 6.07) is 2.24. The molecular weight excluding hydrogens is 474 g/mol. The Morgan fingerprint density at radius 2 is 1.63 bits per heavy atom. The first-order valence-corrected chi connectivity index (χ1v) is 15.1. The lowest BCUT2D eigenvalue weighted by Crippen LogP contribution is -2.69. The molecule has 0 N–H and O–H groups in total. The third kappa shape index (κ3) is 3.17. The molecule has 0 radical (unpaired) electrons. The van der Waals surface area contributed by atoms with Crippen LogP contribution in [0.15, 0.2) is 11.6 Å². The molecule has 0 spiro atoms. The maximum atomic E-state index is 14.6. The average molecular weight is 522 g/mol. The van der Waals surface area contributed by atoms with Crippen LogP contribution in [0.25, 0.3) is 0 Å². The Balaban J connectivity index is 1.46. The fourth-order valence-electron chi connectivity index (χ4n) is 11.6. The van der Waals surface area contributed by atoms with Crippen molar-refractivity contribution in [2.75, 3.05) is 13.4 Å². The smallest absolute Gasteiger partial charge is 0.178 e. The molecule has 1 aliphatic heterocycles. The predicted octanol–water partition coefficient (Wildman–Crippen LogP) is 6.66. The van der Waals surface area contributed by atoms with Gasteiger partial charge in [-0.3, -0.25) is 9.59 Å². The number of ether oxygens (including phenoxy) is 2. The van der Waals surface area contributed by atoms with E-state index in [4.69, 9.17) is 9.47 Å². The standard InChI is InChI=1S/C33H47NO4/c1-28(2)10-12-33(25-18-37-19-38-25)13-11-32(7)26(21(33)16-28)22(35)14-24-30(5)15-20(17-34)27(36)29(3,4)23(30)8-9-31(24,32)6/h15,21,23-26H,8-14,16,18-19H2,1-7H3/t21?,23-,24+,25?,26+,30-,31+,32+,33-/m0/s1. The molecule has 1 heterocycles. The number of nitrogens with zero attached hydrogens (tertiary/aromatic N) is 1. The van der Waals surface area contributed by atoms with E-state index in [0.29, 0.717) is 37.1 Å². The normalized spacial score (nSPS) is 51.1. The Bertz CT molecular complexity index is 1140. The monoisotopic (exact) mass is 521 g/mol. The van der Waals surface area contributed by atoms with Crippen molar-refractivity contribution in [3.8, 4) is 6.07 Å². The molecule has 2 unspecified atom stereocenters. The minimum absolute atomic E-state index is 0.0171. The van der Waals surface area contributed by atoms with Crippen LogP contribution in [0.3, 0.4) is 0 Å². The molecule has 1 saturated heterocycles. The Kier molecular flexibility index (Phi) is 5.64. The molecule has 0 amide bonds.